The molecule has 0 aliphatic heterocycles. The zero-order chi connectivity index (χ0) is 13.8. The van der Waals surface area contributed by atoms with Gasteiger partial charge in [-0.15, -0.1) is 0 Å². The van der Waals surface area contributed by atoms with Crippen molar-refractivity contribution in [2.75, 3.05) is 17.6 Å². The van der Waals surface area contributed by atoms with Crippen LogP contribution in [0.4, 0.5) is 11.4 Å². The highest BCUT2D eigenvalue weighted by Crippen LogP contribution is 2.20. The van der Waals surface area contributed by atoms with Gasteiger partial charge in [-0.3, -0.25) is 9.48 Å². The summed E-state index contributed by atoms with van der Waals surface area (Å²) in [4.78, 5) is 11.3. The minimum Gasteiger partial charge on any atom is -0.396 e. The summed E-state index contributed by atoms with van der Waals surface area (Å²) in [5.41, 5.74) is 12.5. The molecule has 100 valence electrons. The Morgan fingerprint density at radius 3 is 2.89 bits per heavy atom. The third-order valence-corrected chi connectivity index (χ3v) is 2.79. The van der Waals surface area contributed by atoms with Crippen LogP contribution < -0.4 is 16.8 Å². The monoisotopic (exact) mass is 279 g/mol. The molecule has 19 heavy (non-hydrogen) atoms. The number of carbonyl (C=O) groups excluding carboxylic acids is 1. The van der Waals surface area contributed by atoms with Crippen LogP contribution in [-0.2, 0) is 6.54 Å². The van der Waals surface area contributed by atoms with E-state index in [1.807, 2.05) is 0 Å². The van der Waals surface area contributed by atoms with Crippen LogP contribution in [0.2, 0.25) is 5.02 Å². The Labute approximate surface area is 115 Å². The quantitative estimate of drug-likeness (QED) is 0.769. The molecular formula is C12H14ClN5O. The molecule has 6 nitrogen and oxygen atoms in total. The first kappa shape index (κ1) is 13.2. The highest BCUT2D eigenvalue weighted by atomic mass is 35.5. The fraction of sp³-hybridized carbons (Fsp3) is 0.167. The second-order valence-electron chi connectivity index (χ2n) is 4.02. The number of nitrogens with one attached hydrogen (secondary N) is 1. The predicted molar refractivity (Wildman–Crippen MR) is 75.1 cm³/mol. The molecule has 0 bridgehead atoms. The first-order chi connectivity index (χ1) is 9.06. The van der Waals surface area contributed by atoms with Crippen molar-refractivity contribution in [1.82, 2.24) is 9.78 Å². The lowest BCUT2D eigenvalue weighted by Gasteiger charge is -2.10. The smallest absolute Gasteiger partial charge is 0.250 e. The number of carbonyl (C=O) groups is 1. The average molecular weight is 280 g/mol. The Kier molecular flexibility index (Phi) is 3.91. The van der Waals surface area contributed by atoms with Crippen LogP contribution in [0.1, 0.15) is 10.4 Å². The van der Waals surface area contributed by atoms with Gasteiger partial charge in [-0.25, -0.2) is 0 Å². The summed E-state index contributed by atoms with van der Waals surface area (Å²) in [6.07, 6.45) is 3.31. The SMILES string of the molecule is NC(=O)c1ccc(Cl)cc1NCCn1cc(N)cn1. The Hall–Kier alpha value is -2.21. The number of halogens is 1. The van der Waals surface area contributed by atoms with Crippen molar-refractivity contribution >= 4 is 28.9 Å². The second-order valence-corrected chi connectivity index (χ2v) is 4.45. The molecule has 0 fully saturated rings. The highest BCUT2D eigenvalue weighted by Gasteiger charge is 2.08. The van der Waals surface area contributed by atoms with Gasteiger partial charge in [-0.2, -0.15) is 5.10 Å². The summed E-state index contributed by atoms with van der Waals surface area (Å²) in [6.45, 7) is 1.18. The van der Waals surface area contributed by atoms with Gasteiger partial charge in [0.05, 0.1) is 24.0 Å². The molecule has 1 aromatic heterocycles. The van der Waals surface area contributed by atoms with Crippen molar-refractivity contribution in [3.8, 4) is 0 Å². The maximum Gasteiger partial charge on any atom is 0.250 e. The Bertz CT molecular complexity index is 596. The molecule has 5 N–H and O–H groups in total. The van der Waals surface area contributed by atoms with E-state index in [0.717, 1.165) is 0 Å². The zero-order valence-electron chi connectivity index (χ0n) is 10.1. The summed E-state index contributed by atoms with van der Waals surface area (Å²) in [5, 5.41) is 7.70. The van der Waals surface area contributed by atoms with E-state index in [1.54, 1.807) is 35.3 Å². The van der Waals surface area contributed by atoms with Crippen LogP contribution in [-0.4, -0.2) is 22.2 Å². The van der Waals surface area contributed by atoms with E-state index in [4.69, 9.17) is 23.1 Å². The van der Waals surface area contributed by atoms with Crippen molar-refractivity contribution in [2.45, 2.75) is 6.54 Å². The molecule has 7 heteroatoms. The lowest BCUT2D eigenvalue weighted by molar-refractivity contribution is 0.100. The maximum atomic E-state index is 11.3. The van der Waals surface area contributed by atoms with Gasteiger partial charge in [0.25, 0.3) is 5.91 Å². The van der Waals surface area contributed by atoms with Gasteiger partial charge in [0.15, 0.2) is 0 Å². The second kappa shape index (κ2) is 5.62. The predicted octanol–water partition coefficient (Wildman–Crippen LogP) is 1.33. The van der Waals surface area contributed by atoms with Crippen molar-refractivity contribution in [3.05, 3.63) is 41.2 Å². The minimum atomic E-state index is -0.498. The van der Waals surface area contributed by atoms with Gasteiger partial charge in [0.2, 0.25) is 0 Å². The van der Waals surface area contributed by atoms with Crippen molar-refractivity contribution in [3.63, 3.8) is 0 Å². The number of benzene rings is 1. The largest absolute Gasteiger partial charge is 0.396 e. The number of nitrogen functional groups attached to an aromatic ring is 1. The van der Waals surface area contributed by atoms with Crippen LogP contribution in [0, 0.1) is 0 Å². The molecule has 0 aliphatic rings. The van der Waals surface area contributed by atoms with Crippen LogP contribution in [0.5, 0.6) is 0 Å². The Morgan fingerprint density at radius 1 is 1.47 bits per heavy atom. The molecular weight excluding hydrogens is 266 g/mol. The van der Waals surface area contributed by atoms with Crippen molar-refractivity contribution in [2.24, 2.45) is 5.73 Å². The van der Waals surface area contributed by atoms with E-state index in [0.29, 0.717) is 35.1 Å². The molecule has 1 heterocycles. The molecule has 0 unspecified atom stereocenters. The summed E-state index contributed by atoms with van der Waals surface area (Å²) in [5.74, 6) is -0.498. The topological polar surface area (TPSA) is 99.0 Å². The molecule has 1 amide bonds. The number of nitrogens with zero attached hydrogens (tertiary/aromatic N) is 2. The van der Waals surface area contributed by atoms with Crippen LogP contribution in [0.25, 0.3) is 0 Å². The Balaban J connectivity index is 2.02. The standard InChI is InChI=1S/C12H14ClN5O/c13-8-1-2-10(12(15)19)11(5-8)16-3-4-18-7-9(14)6-17-18/h1-2,5-7,16H,3-4,14H2,(H2,15,19). The van der Waals surface area contributed by atoms with Crippen LogP contribution in [0.3, 0.4) is 0 Å². The van der Waals surface area contributed by atoms with E-state index < -0.39 is 5.91 Å². The number of hydrogen-bond acceptors (Lipinski definition) is 4. The summed E-state index contributed by atoms with van der Waals surface area (Å²) >= 11 is 5.89. The molecule has 2 rings (SSSR count). The molecule has 0 spiro atoms. The molecule has 0 saturated carbocycles. The normalized spacial score (nSPS) is 10.4. The first-order valence-corrected chi connectivity index (χ1v) is 6.05. The van der Waals surface area contributed by atoms with Gasteiger partial charge >= 0.3 is 0 Å². The zero-order valence-corrected chi connectivity index (χ0v) is 10.9. The fourth-order valence-electron chi connectivity index (χ4n) is 1.68. The van der Waals surface area contributed by atoms with Gasteiger partial charge in [0, 0.05) is 23.5 Å². The number of hydrogen-bond donors (Lipinski definition) is 3. The van der Waals surface area contributed by atoms with Crippen LogP contribution in [0.15, 0.2) is 30.6 Å². The number of primary amides is 1. The summed E-state index contributed by atoms with van der Waals surface area (Å²) in [6, 6.07) is 4.89. The van der Waals surface area contributed by atoms with E-state index in [9.17, 15) is 4.79 Å². The third-order valence-electron chi connectivity index (χ3n) is 2.56. The number of nitrogens with two attached hydrogens (primary N) is 2. The summed E-state index contributed by atoms with van der Waals surface area (Å²) in [7, 11) is 0. The minimum absolute atomic E-state index is 0.407. The number of anilines is 2. The third kappa shape index (κ3) is 3.38. The van der Waals surface area contributed by atoms with E-state index in [-0.39, 0.29) is 0 Å². The Morgan fingerprint density at radius 2 is 2.26 bits per heavy atom. The number of amides is 1. The number of rotatable bonds is 5. The highest BCUT2D eigenvalue weighted by molar-refractivity contribution is 6.31. The molecule has 1 aromatic carbocycles. The molecule has 0 saturated heterocycles. The van der Waals surface area contributed by atoms with Gasteiger partial charge < -0.3 is 16.8 Å². The molecule has 0 atom stereocenters. The molecule has 2 aromatic rings. The number of aromatic nitrogens is 2. The van der Waals surface area contributed by atoms with Gasteiger partial charge in [-0.1, -0.05) is 11.6 Å². The molecule has 0 radical (unpaired) electrons. The first-order valence-electron chi connectivity index (χ1n) is 5.67. The van der Waals surface area contributed by atoms with E-state index >= 15 is 0 Å². The van der Waals surface area contributed by atoms with Gasteiger partial charge in [-0.05, 0) is 18.2 Å². The van der Waals surface area contributed by atoms with Crippen molar-refractivity contribution in [1.29, 1.82) is 0 Å². The van der Waals surface area contributed by atoms with E-state index in [2.05, 4.69) is 10.4 Å². The van der Waals surface area contributed by atoms with Crippen molar-refractivity contribution < 1.29 is 4.79 Å². The average Bonchev–Trinajstić information content (AvgIpc) is 2.75. The fourth-order valence-corrected chi connectivity index (χ4v) is 1.86. The lowest BCUT2D eigenvalue weighted by Crippen LogP contribution is -2.17. The maximum absolute atomic E-state index is 11.3. The molecule has 0 aliphatic carbocycles. The lowest BCUT2D eigenvalue weighted by atomic mass is 10.1. The van der Waals surface area contributed by atoms with Gasteiger partial charge in [0.1, 0.15) is 0 Å². The van der Waals surface area contributed by atoms with E-state index in [1.165, 1.54) is 0 Å². The summed E-state index contributed by atoms with van der Waals surface area (Å²) < 4.78 is 1.71. The van der Waals surface area contributed by atoms with Crippen LogP contribution >= 0.6 is 11.6 Å².